The second-order valence-corrected chi connectivity index (χ2v) is 10.5. The summed E-state index contributed by atoms with van der Waals surface area (Å²) >= 11 is 0. The number of hydrogen-bond donors (Lipinski definition) is 1. The standard InChI is InChI=1S/C33H33FN4O/c1-37-19-21-38(22-20-37)24-33(23-35-36-32(33)30-9-5-6-10-31(30)34)27-15-11-25(12-16-27)26-13-17-29(18-14-26)39-28-7-3-2-4-8-28/h2-18,23,32,36H,19-22,24H2,1H3. The highest BCUT2D eigenvalue weighted by Crippen LogP contribution is 2.41. The molecule has 0 saturated carbocycles. The largest absolute Gasteiger partial charge is 0.457 e. The van der Waals surface area contributed by atoms with Gasteiger partial charge in [0.15, 0.2) is 0 Å². The minimum Gasteiger partial charge on any atom is -0.457 e. The van der Waals surface area contributed by atoms with Gasteiger partial charge in [0, 0.05) is 44.5 Å². The lowest BCUT2D eigenvalue weighted by Gasteiger charge is -2.41. The molecular weight excluding hydrogens is 487 g/mol. The lowest BCUT2D eigenvalue weighted by Crippen LogP contribution is -2.52. The number of nitrogens with zero attached hydrogens (tertiary/aromatic N) is 3. The van der Waals surface area contributed by atoms with Gasteiger partial charge in [-0.1, -0.05) is 72.8 Å². The van der Waals surface area contributed by atoms with E-state index >= 15 is 4.39 Å². The van der Waals surface area contributed by atoms with Crippen LogP contribution in [0.25, 0.3) is 11.1 Å². The van der Waals surface area contributed by atoms with Gasteiger partial charge in [-0.15, -0.1) is 0 Å². The monoisotopic (exact) mass is 520 g/mol. The number of piperazine rings is 1. The molecule has 0 bridgehead atoms. The van der Waals surface area contributed by atoms with Gasteiger partial charge in [0.2, 0.25) is 0 Å². The summed E-state index contributed by atoms with van der Waals surface area (Å²) < 4.78 is 21.0. The Labute approximate surface area is 229 Å². The van der Waals surface area contributed by atoms with Crippen molar-refractivity contribution in [1.82, 2.24) is 15.2 Å². The molecule has 39 heavy (non-hydrogen) atoms. The van der Waals surface area contributed by atoms with Gasteiger partial charge in [-0.05, 0) is 54.1 Å². The van der Waals surface area contributed by atoms with Gasteiger partial charge in [-0.25, -0.2) is 4.39 Å². The van der Waals surface area contributed by atoms with Crippen LogP contribution in [0.3, 0.4) is 0 Å². The lowest BCUT2D eigenvalue weighted by molar-refractivity contribution is 0.133. The van der Waals surface area contributed by atoms with Crippen LogP contribution in [0, 0.1) is 5.82 Å². The Kier molecular flexibility index (Phi) is 7.14. The van der Waals surface area contributed by atoms with Gasteiger partial charge in [0.1, 0.15) is 17.3 Å². The van der Waals surface area contributed by atoms with E-state index in [1.807, 2.05) is 60.8 Å². The number of para-hydroxylation sites is 1. The maximum atomic E-state index is 15.1. The Morgan fingerprint density at radius 1 is 0.795 bits per heavy atom. The average molecular weight is 521 g/mol. The number of ether oxygens (including phenoxy) is 1. The van der Waals surface area contributed by atoms with Gasteiger partial charge in [-0.2, -0.15) is 5.10 Å². The van der Waals surface area contributed by atoms with Crippen molar-refractivity contribution in [2.24, 2.45) is 5.10 Å². The summed E-state index contributed by atoms with van der Waals surface area (Å²) in [7, 11) is 2.16. The molecule has 4 aromatic carbocycles. The van der Waals surface area contributed by atoms with Gasteiger partial charge >= 0.3 is 0 Å². The summed E-state index contributed by atoms with van der Waals surface area (Å²) in [5.41, 5.74) is 6.74. The molecule has 2 heterocycles. The first-order chi connectivity index (χ1) is 19.1. The fourth-order valence-corrected chi connectivity index (χ4v) is 5.63. The van der Waals surface area contributed by atoms with Crippen molar-refractivity contribution in [3.05, 3.63) is 120 Å². The maximum absolute atomic E-state index is 15.1. The number of benzene rings is 4. The van der Waals surface area contributed by atoms with Crippen molar-refractivity contribution in [1.29, 1.82) is 0 Å². The number of hydrazone groups is 1. The maximum Gasteiger partial charge on any atom is 0.128 e. The SMILES string of the molecule is CN1CCN(CC2(c3ccc(-c4ccc(Oc5ccccc5)cc4)cc3)C=NNC2c2ccccc2F)CC1. The molecule has 1 fully saturated rings. The van der Waals surface area contributed by atoms with Crippen molar-refractivity contribution in [2.45, 2.75) is 11.5 Å². The number of likely N-dealkylation sites (N-methyl/N-ethyl adjacent to an activating group) is 1. The van der Waals surface area contributed by atoms with Crippen LogP contribution in [-0.4, -0.2) is 55.8 Å². The van der Waals surface area contributed by atoms with E-state index < -0.39 is 5.41 Å². The van der Waals surface area contributed by atoms with Crippen molar-refractivity contribution in [3.8, 4) is 22.6 Å². The Balaban J connectivity index is 1.29. The highest BCUT2D eigenvalue weighted by molar-refractivity contribution is 5.79. The molecule has 0 radical (unpaired) electrons. The van der Waals surface area contributed by atoms with Crippen LogP contribution >= 0.6 is 0 Å². The zero-order valence-electron chi connectivity index (χ0n) is 22.1. The fourth-order valence-electron chi connectivity index (χ4n) is 5.63. The first-order valence-electron chi connectivity index (χ1n) is 13.5. The van der Waals surface area contributed by atoms with E-state index in [1.165, 1.54) is 6.07 Å². The first kappa shape index (κ1) is 25.3. The Morgan fingerprint density at radius 3 is 2.10 bits per heavy atom. The molecule has 4 aromatic rings. The van der Waals surface area contributed by atoms with Crippen LogP contribution in [0.5, 0.6) is 11.5 Å². The second-order valence-electron chi connectivity index (χ2n) is 10.5. The van der Waals surface area contributed by atoms with E-state index in [2.05, 4.69) is 63.8 Å². The highest BCUT2D eigenvalue weighted by atomic mass is 19.1. The Morgan fingerprint density at radius 2 is 1.41 bits per heavy atom. The number of halogens is 1. The molecule has 1 saturated heterocycles. The molecule has 5 nitrogen and oxygen atoms in total. The van der Waals surface area contributed by atoms with Gasteiger partial charge in [0.05, 0.1) is 11.5 Å². The number of nitrogens with one attached hydrogen (secondary N) is 1. The smallest absolute Gasteiger partial charge is 0.128 e. The molecule has 1 N–H and O–H groups in total. The van der Waals surface area contributed by atoms with Gasteiger partial charge < -0.3 is 15.1 Å². The van der Waals surface area contributed by atoms with Crippen LogP contribution < -0.4 is 10.2 Å². The number of hydrogen-bond acceptors (Lipinski definition) is 5. The summed E-state index contributed by atoms with van der Waals surface area (Å²) in [5.74, 6) is 1.41. The molecule has 0 aliphatic carbocycles. The van der Waals surface area contributed by atoms with Crippen molar-refractivity contribution in [2.75, 3.05) is 39.8 Å². The van der Waals surface area contributed by atoms with Crippen molar-refractivity contribution < 1.29 is 9.13 Å². The average Bonchev–Trinajstić information content (AvgIpc) is 3.40. The minimum atomic E-state index is -0.496. The number of rotatable bonds is 7. The Hall–Kier alpha value is -4.00. The molecule has 0 aromatic heterocycles. The molecule has 0 spiro atoms. The highest BCUT2D eigenvalue weighted by Gasteiger charge is 2.46. The van der Waals surface area contributed by atoms with E-state index in [1.54, 1.807) is 6.07 Å². The third kappa shape index (κ3) is 5.31. The predicted octanol–water partition coefficient (Wildman–Crippen LogP) is 6.10. The first-order valence-corrected chi connectivity index (χ1v) is 13.5. The quantitative estimate of drug-likeness (QED) is 0.320. The van der Waals surface area contributed by atoms with Crippen LogP contribution in [0.1, 0.15) is 17.2 Å². The molecule has 6 rings (SSSR count). The lowest BCUT2D eigenvalue weighted by atomic mass is 9.72. The third-order valence-electron chi connectivity index (χ3n) is 7.90. The third-order valence-corrected chi connectivity index (χ3v) is 7.90. The predicted molar refractivity (Wildman–Crippen MR) is 155 cm³/mol. The summed E-state index contributed by atoms with van der Waals surface area (Å²) in [6, 6.07) is 33.3. The summed E-state index contributed by atoms with van der Waals surface area (Å²) in [5, 5.41) is 4.52. The topological polar surface area (TPSA) is 40.1 Å². The molecule has 2 atom stereocenters. The van der Waals surface area contributed by atoms with Crippen LogP contribution in [-0.2, 0) is 5.41 Å². The second kappa shape index (κ2) is 11.0. The van der Waals surface area contributed by atoms with E-state index in [0.717, 1.165) is 60.9 Å². The van der Waals surface area contributed by atoms with E-state index in [9.17, 15) is 0 Å². The summed E-state index contributed by atoms with van der Waals surface area (Å²) in [6.07, 6.45) is 1.99. The van der Waals surface area contributed by atoms with Crippen LogP contribution in [0.2, 0.25) is 0 Å². The Bertz CT molecular complexity index is 1420. The van der Waals surface area contributed by atoms with E-state index in [0.29, 0.717) is 5.56 Å². The summed E-state index contributed by atoms with van der Waals surface area (Å²) in [6.45, 7) is 4.76. The fraction of sp³-hybridized carbons (Fsp3) is 0.242. The van der Waals surface area contributed by atoms with Crippen molar-refractivity contribution >= 4 is 6.21 Å². The van der Waals surface area contributed by atoms with Gasteiger partial charge in [0.25, 0.3) is 0 Å². The normalized spacial score (nSPS) is 21.5. The molecule has 6 heteroatoms. The zero-order valence-corrected chi connectivity index (χ0v) is 22.1. The minimum absolute atomic E-state index is 0.210. The van der Waals surface area contributed by atoms with Crippen LogP contribution in [0.4, 0.5) is 4.39 Å². The molecule has 2 unspecified atom stereocenters. The molecule has 0 amide bonds. The molecular formula is C33H33FN4O. The van der Waals surface area contributed by atoms with E-state index in [4.69, 9.17) is 4.74 Å². The zero-order chi connectivity index (χ0) is 26.7. The molecule has 2 aliphatic rings. The molecule has 198 valence electrons. The summed E-state index contributed by atoms with van der Waals surface area (Å²) in [4.78, 5) is 4.83. The van der Waals surface area contributed by atoms with Crippen LogP contribution in [0.15, 0.2) is 108 Å². The van der Waals surface area contributed by atoms with E-state index in [-0.39, 0.29) is 11.9 Å². The molecule has 2 aliphatic heterocycles. The van der Waals surface area contributed by atoms with Gasteiger partial charge in [-0.3, -0.25) is 4.90 Å². The van der Waals surface area contributed by atoms with Crippen molar-refractivity contribution in [3.63, 3.8) is 0 Å².